The average Bonchev–Trinajstić information content (AvgIpc) is 2.98. The Hall–Kier alpha value is -0.650. The van der Waals surface area contributed by atoms with Gasteiger partial charge in [-0.3, -0.25) is 9.69 Å². The summed E-state index contributed by atoms with van der Waals surface area (Å²) in [7, 11) is 0. The van der Waals surface area contributed by atoms with E-state index < -0.39 is 0 Å². The minimum Gasteiger partial charge on any atom is -0.379 e. The molecule has 21 heavy (non-hydrogen) atoms. The first-order valence-electron chi connectivity index (χ1n) is 8.44. The molecular weight excluding hydrogens is 266 g/mol. The van der Waals surface area contributed by atoms with Gasteiger partial charge in [-0.2, -0.15) is 0 Å². The number of carbonyl (C=O) groups is 1. The highest BCUT2D eigenvalue weighted by Crippen LogP contribution is 2.33. The van der Waals surface area contributed by atoms with Crippen molar-refractivity contribution in [3.63, 3.8) is 0 Å². The van der Waals surface area contributed by atoms with Crippen molar-refractivity contribution in [3.8, 4) is 0 Å². The van der Waals surface area contributed by atoms with Crippen LogP contribution in [0.4, 0.5) is 0 Å². The van der Waals surface area contributed by atoms with Crippen molar-refractivity contribution in [1.82, 2.24) is 15.5 Å². The molecule has 2 aliphatic rings. The highest BCUT2D eigenvalue weighted by atomic mass is 16.5. The Bertz CT molecular complexity index is 335. The second-order valence-electron chi connectivity index (χ2n) is 6.61. The van der Waals surface area contributed by atoms with E-state index in [1.54, 1.807) is 0 Å². The summed E-state index contributed by atoms with van der Waals surface area (Å²) >= 11 is 0. The van der Waals surface area contributed by atoms with E-state index in [0.29, 0.717) is 19.1 Å². The van der Waals surface area contributed by atoms with Crippen molar-refractivity contribution in [2.75, 3.05) is 39.3 Å². The number of likely N-dealkylation sites (tertiary alicyclic amines) is 1. The minimum atomic E-state index is 0.158. The van der Waals surface area contributed by atoms with Crippen molar-refractivity contribution in [3.05, 3.63) is 0 Å². The van der Waals surface area contributed by atoms with Gasteiger partial charge in [-0.05, 0) is 51.6 Å². The Balaban J connectivity index is 1.65. The number of rotatable bonds is 8. The van der Waals surface area contributed by atoms with Gasteiger partial charge in [-0.15, -0.1) is 0 Å². The Labute approximate surface area is 128 Å². The van der Waals surface area contributed by atoms with Gasteiger partial charge in [0, 0.05) is 25.7 Å². The van der Waals surface area contributed by atoms with Crippen LogP contribution in [0.3, 0.4) is 0 Å². The van der Waals surface area contributed by atoms with E-state index >= 15 is 0 Å². The number of hydrogen-bond acceptors (Lipinski definition) is 4. The molecule has 0 aromatic heterocycles. The first-order valence-corrected chi connectivity index (χ1v) is 8.44. The van der Waals surface area contributed by atoms with Crippen molar-refractivity contribution >= 4 is 5.91 Å². The van der Waals surface area contributed by atoms with Crippen LogP contribution in [0.25, 0.3) is 0 Å². The van der Waals surface area contributed by atoms with Gasteiger partial charge in [0.25, 0.3) is 0 Å². The lowest BCUT2D eigenvalue weighted by atomic mass is 9.93. The molecular formula is C16H31N3O2. The molecule has 0 bridgehead atoms. The lowest BCUT2D eigenvalue weighted by Crippen LogP contribution is -2.42. The fourth-order valence-corrected chi connectivity index (χ4v) is 3.71. The van der Waals surface area contributed by atoms with Crippen LogP contribution in [0, 0.1) is 11.8 Å². The molecule has 1 amide bonds. The topological polar surface area (TPSA) is 53.6 Å². The smallest absolute Gasteiger partial charge is 0.234 e. The molecule has 0 radical (unpaired) electrons. The predicted molar refractivity (Wildman–Crippen MR) is 84.2 cm³/mol. The molecule has 2 N–H and O–H groups in total. The maximum atomic E-state index is 12.1. The third-order valence-corrected chi connectivity index (χ3v) is 4.68. The van der Waals surface area contributed by atoms with E-state index in [1.807, 2.05) is 13.8 Å². The molecule has 2 heterocycles. The highest BCUT2D eigenvalue weighted by Gasteiger charge is 2.43. The van der Waals surface area contributed by atoms with E-state index in [-0.39, 0.29) is 12.0 Å². The van der Waals surface area contributed by atoms with Crippen LogP contribution in [-0.2, 0) is 9.53 Å². The molecule has 0 aromatic rings. The summed E-state index contributed by atoms with van der Waals surface area (Å²) in [5.74, 6) is 1.63. The molecule has 5 nitrogen and oxygen atoms in total. The molecule has 122 valence electrons. The zero-order valence-electron chi connectivity index (χ0n) is 13.7. The van der Waals surface area contributed by atoms with Crippen molar-refractivity contribution in [2.45, 2.75) is 45.8 Å². The van der Waals surface area contributed by atoms with Crippen molar-refractivity contribution in [2.24, 2.45) is 11.8 Å². The molecule has 0 aliphatic carbocycles. The molecule has 2 aliphatic heterocycles. The summed E-state index contributed by atoms with van der Waals surface area (Å²) in [6, 6.07) is 0.569. The van der Waals surface area contributed by atoms with Gasteiger partial charge in [0.15, 0.2) is 0 Å². The molecule has 2 rings (SSSR count). The first-order chi connectivity index (χ1) is 10.1. The Kier molecular flexibility index (Phi) is 6.45. The summed E-state index contributed by atoms with van der Waals surface area (Å²) in [6.45, 7) is 11.6. The number of nitrogens with zero attached hydrogens (tertiary/aromatic N) is 1. The van der Waals surface area contributed by atoms with Gasteiger partial charge in [-0.25, -0.2) is 0 Å². The minimum absolute atomic E-state index is 0.158. The van der Waals surface area contributed by atoms with Gasteiger partial charge < -0.3 is 15.4 Å². The number of nitrogens with one attached hydrogen (secondary N) is 2. The molecule has 2 saturated heterocycles. The molecule has 2 fully saturated rings. The second-order valence-corrected chi connectivity index (χ2v) is 6.61. The quantitative estimate of drug-likeness (QED) is 0.652. The molecule has 5 heteroatoms. The maximum absolute atomic E-state index is 12.1. The Morgan fingerprint density at radius 2 is 2.24 bits per heavy atom. The van der Waals surface area contributed by atoms with E-state index in [1.165, 1.54) is 0 Å². The van der Waals surface area contributed by atoms with Gasteiger partial charge in [0.2, 0.25) is 5.91 Å². The number of fused-ring (bicyclic) bond motifs is 1. The standard InChI is InChI=1S/C16H31N3O2/c1-4-15-14-9-17-8-13(14)10-19(15)11-16(20)18-6-5-7-21-12(2)3/h12-15,17H,4-11H2,1-3H3,(H,18,20). The zero-order valence-corrected chi connectivity index (χ0v) is 13.7. The van der Waals surface area contributed by atoms with Gasteiger partial charge >= 0.3 is 0 Å². The fourth-order valence-electron chi connectivity index (χ4n) is 3.71. The fraction of sp³-hybridized carbons (Fsp3) is 0.938. The molecule has 0 saturated carbocycles. The summed E-state index contributed by atoms with van der Waals surface area (Å²) in [4.78, 5) is 14.5. The van der Waals surface area contributed by atoms with Gasteiger partial charge in [0.05, 0.1) is 12.6 Å². The van der Waals surface area contributed by atoms with Crippen LogP contribution in [0.2, 0.25) is 0 Å². The highest BCUT2D eigenvalue weighted by molar-refractivity contribution is 5.78. The van der Waals surface area contributed by atoms with Gasteiger partial charge in [0.1, 0.15) is 0 Å². The zero-order chi connectivity index (χ0) is 15.2. The SMILES string of the molecule is CCC1C2CNCC2CN1CC(=O)NCCCOC(C)C. The predicted octanol–water partition coefficient (Wildman–Crippen LogP) is 0.848. The molecule has 3 atom stereocenters. The average molecular weight is 297 g/mol. The molecule has 0 aromatic carbocycles. The Morgan fingerprint density at radius 3 is 2.95 bits per heavy atom. The third-order valence-electron chi connectivity index (χ3n) is 4.68. The van der Waals surface area contributed by atoms with Crippen LogP contribution < -0.4 is 10.6 Å². The van der Waals surface area contributed by atoms with E-state index in [9.17, 15) is 4.79 Å². The number of ether oxygens (including phenoxy) is 1. The second kappa shape index (κ2) is 8.11. The van der Waals surface area contributed by atoms with Crippen molar-refractivity contribution < 1.29 is 9.53 Å². The third kappa shape index (κ3) is 4.66. The summed E-state index contributed by atoms with van der Waals surface area (Å²) in [5.41, 5.74) is 0. The number of amides is 1. The molecule has 0 spiro atoms. The van der Waals surface area contributed by atoms with E-state index in [2.05, 4.69) is 22.5 Å². The van der Waals surface area contributed by atoms with Crippen LogP contribution in [0.15, 0.2) is 0 Å². The normalized spacial score (nSPS) is 29.0. The number of carbonyl (C=O) groups excluding carboxylic acids is 1. The lowest BCUT2D eigenvalue weighted by molar-refractivity contribution is -0.122. The number of hydrogen-bond donors (Lipinski definition) is 2. The largest absolute Gasteiger partial charge is 0.379 e. The first kappa shape index (κ1) is 16.7. The van der Waals surface area contributed by atoms with Crippen LogP contribution in [-0.4, -0.2) is 62.3 Å². The molecule has 3 unspecified atom stereocenters. The van der Waals surface area contributed by atoms with Crippen LogP contribution >= 0.6 is 0 Å². The Morgan fingerprint density at radius 1 is 1.43 bits per heavy atom. The van der Waals surface area contributed by atoms with Crippen LogP contribution in [0.1, 0.15) is 33.6 Å². The van der Waals surface area contributed by atoms with Gasteiger partial charge in [-0.1, -0.05) is 6.92 Å². The van der Waals surface area contributed by atoms with Crippen LogP contribution in [0.5, 0.6) is 0 Å². The van der Waals surface area contributed by atoms with E-state index in [4.69, 9.17) is 4.74 Å². The monoisotopic (exact) mass is 297 g/mol. The van der Waals surface area contributed by atoms with Crippen molar-refractivity contribution in [1.29, 1.82) is 0 Å². The summed E-state index contributed by atoms with van der Waals surface area (Å²) in [5, 5.41) is 6.50. The van der Waals surface area contributed by atoms with E-state index in [0.717, 1.165) is 50.9 Å². The summed E-state index contributed by atoms with van der Waals surface area (Å²) in [6.07, 6.45) is 2.29. The lowest BCUT2D eigenvalue weighted by Gasteiger charge is -2.26. The maximum Gasteiger partial charge on any atom is 0.234 e. The summed E-state index contributed by atoms with van der Waals surface area (Å²) < 4.78 is 5.47.